The molecule has 0 aromatic heterocycles. The quantitative estimate of drug-likeness (QED) is 0.718. The molecule has 0 heterocycles. The molecule has 5 heteroatoms. The van der Waals surface area contributed by atoms with Crippen molar-refractivity contribution in [2.24, 2.45) is 0 Å². The van der Waals surface area contributed by atoms with Gasteiger partial charge in [0.15, 0.2) is 6.29 Å². The summed E-state index contributed by atoms with van der Waals surface area (Å²) in [6, 6.07) is 4.30. The summed E-state index contributed by atoms with van der Waals surface area (Å²) in [5.74, 6) is 0. The molecular formula is C8H6ClNO3. The Kier molecular flexibility index (Phi) is 2.87. The molecular weight excluding hydrogens is 194 g/mol. The first-order chi connectivity index (χ1) is 6.13. The minimum absolute atomic E-state index is 0.257. The van der Waals surface area contributed by atoms with Crippen molar-refractivity contribution in [3.63, 3.8) is 0 Å². The number of carbonyl (C=O) groups excluding carboxylic acids is 1. The molecule has 0 spiro atoms. The highest BCUT2D eigenvalue weighted by atomic mass is 35.5. The summed E-state index contributed by atoms with van der Waals surface area (Å²) >= 11 is 5.63. The first kappa shape index (κ1) is 9.54. The van der Waals surface area contributed by atoms with Crippen LogP contribution in [0.1, 0.15) is 10.4 Å². The Bertz CT molecular complexity index is 351. The number of carbonyl (C=O) groups is 2. The Hall–Kier alpha value is -1.55. The van der Waals surface area contributed by atoms with E-state index in [4.69, 9.17) is 16.7 Å². The zero-order chi connectivity index (χ0) is 9.84. The average Bonchev–Trinajstić information content (AvgIpc) is 2.07. The van der Waals surface area contributed by atoms with E-state index >= 15 is 0 Å². The Balaban J connectivity index is 2.99. The summed E-state index contributed by atoms with van der Waals surface area (Å²) < 4.78 is 0. The van der Waals surface area contributed by atoms with Gasteiger partial charge in [0.25, 0.3) is 0 Å². The van der Waals surface area contributed by atoms with Gasteiger partial charge in [-0.2, -0.15) is 0 Å². The van der Waals surface area contributed by atoms with Crippen LogP contribution in [0.15, 0.2) is 18.2 Å². The Morgan fingerprint density at radius 3 is 2.77 bits per heavy atom. The van der Waals surface area contributed by atoms with Crippen molar-refractivity contribution in [3.05, 3.63) is 28.8 Å². The van der Waals surface area contributed by atoms with Crippen molar-refractivity contribution in [1.29, 1.82) is 0 Å². The predicted molar refractivity (Wildman–Crippen MR) is 48.5 cm³/mol. The van der Waals surface area contributed by atoms with Gasteiger partial charge in [0.2, 0.25) is 0 Å². The van der Waals surface area contributed by atoms with E-state index in [1.54, 1.807) is 0 Å². The largest absolute Gasteiger partial charge is 0.465 e. The standard InChI is InChI=1S/C8H6ClNO3/c9-7-2-1-6(10-8(12)13)3-5(7)4-11/h1-4,10H,(H,12,13). The van der Waals surface area contributed by atoms with Gasteiger partial charge in [0.1, 0.15) is 0 Å². The van der Waals surface area contributed by atoms with Crippen LogP contribution in [0, 0.1) is 0 Å². The summed E-state index contributed by atoms with van der Waals surface area (Å²) in [4.78, 5) is 20.6. The molecule has 1 aromatic carbocycles. The average molecular weight is 200 g/mol. The molecule has 4 nitrogen and oxygen atoms in total. The lowest BCUT2D eigenvalue weighted by molar-refractivity contribution is 0.112. The number of benzene rings is 1. The fourth-order valence-electron chi connectivity index (χ4n) is 0.835. The van der Waals surface area contributed by atoms with Gasteiger partial charge >= 0.3 is 6.09 Å². The lowest BCUT2D eigenvalue weighted by Crippen LogP contribution is -2.07. The predicted octanol–water partition coefficient (Wildman–Crippen LogP) is 2.24. The molecule has 0 bridgehead atoms. The number of carboxylic acid groups (broad SMARTS) is 1. The molecule has 0 fully saturated rings. The van der Waals surface area contributed by atoms with Crippen LogP contribution in [0.5, 0.6) is 0 Å². The van der Waals surface area contributed by atoms with Crippen LogP contribution in [0.2, 0.25) is 5.02 Å². The van der Waals surface area contributed by atoms with E-state index in [9.17, 15) is 9.59 Å². The Labute approximate surface area is 79.1 Å². The summed E-state index contributed by atoms with van der Waals surface area (Å²) in [6.45, 7) is 0. The zero-order valence-electron chi connectivity index (χ0n) is 6.45. The van der Waals surface area contributed by atoms with Crippen LogP contribution in [0.3, 0.4) is 0 Å². The number of halogens is 1. The number of aldehydes is 1. The zero-order valence-corrected chi connectivity index (χ0v) is 7.21. The molecule has 13 heavy (non-hydrogen) atoms. The molecule has 0 aliphatic rings. The van der Waals surface area contributed by atoms with Crippen molar-refractivity contribution in [1.82, 2.24) is 0 Å². The van der Waals surface area contributed by atoms with Gasteiger partial charge in [-0.25, -0.2) is 4.79 Å². The number of hydrogen-bond donors (Lipinski definition) is 2. The second-order valence-electron chi connectivity index (χ2n) is 2.28. The highest BCUT2D eigenvalue weighted by Gasteiger charge is 2.02. The molecule has 0 aliphatic carbocycles. The smallest absolute Gasteiger partial charge is 0.409 e. The highest BCUT2D eigenvalue weighted by Crippen LogP contribution is 2.18. The first-order valence-electron chi connectivity index (χ1n) is 3.38. The SMILES string of the molecule is O=Cc1cc(NC(=O)O)ccc1Cl. The normalized spacial score (nSPS) is 9.31. The fraction of sp³-hybridized carbons (Fsp3) is 0. The number of rotatable bonds is 2. The van der Waals surface area contributed by atoms with Crippen LogP contribution in [-0.4, -0.2) is 17.5 Å². The third-order valence-corrected chi connectivity index (χ3v) is 1.72. The van der Waals surface area contributed by atoms with E-state index in [0.29, 0.717) is 17.0 Å². The second-order valence-corrected chi connectivity index (χ2v) is 2.69. The van der Waals surface area contributed by atoms with Gasteiger partial charge in [-0.05, 0) is 18.2 Å². The van der Waals surface area contributed by atoms with Gasteiger partial charge in [-0.3, -0.25) is 10.1 Å². The summed E-state index contributed by atoms with van der Waals surface area (Å²) in [6.07, 6.45) is -0.616. The monoisotopic (exact) mass is 199 g/mol. The van der Waals surface area contributed by atoms with Gasteiger partial charge in [-0.15, -0.1) is 0 Å². The lowest BCUT2D eigenvalue weighted by Gasteiger charge is -2.01. The highest BCUT2D eigenvalue weighted by molar-refractivity contribution is 6.33. The molecule has 68 valence electrons. The van der Waals surface area contributed by atoms with Gasteiger partial charge in [-0.1, -0.05) is 11.6 Å². The molecule has 2 N–H and O–H groups in total. The van der Waals surface area contributed by atoms with Crippen LogP contribution < -0.4 is 5.32 Å². The van der Waals surface area contributed by atoms with Crippen LogP contribution in [0.4, 0.5) is 10.5 Å². The van der Waals surface area contributed by atoms with E-state index in [0.717, 1.165) is 0 Å². The van der Waals surface area contributed by atoms with Crippen LogP contribution in [0.25, 0.3) is 0 Å². The lowest BCUT2D eigenvalue weighted by atomic mass is 10.2. The molecule has 0 radical (unpaired) electrons. The maximum absolute atomic E-state index is 10.4. The van der Waals surface area contributed by atoms with Crippen LogP contribution in [-0.2, 0) is 0 Å². The molecule has 0 aliphatic heterocycles. The van der Waals surface area contributed by atoms with Gasteiger partial charge in [0.05, 0.1) is 5.02 Å². The molecule has 1 amide bonds. The fourth-order valence-corrected chi connectivity index (χ4v) is 0.997. The summed E-state index contributed by atoms with van der Waals surface area (Å²) in [5, 5.41) is 10.8. The minimum atomic E-state index is -1.18. The van der Waals surface area contributed by atoms with Crippen molar-refractivity contribution in [2.75, 3.05) is 5.32 Å². The van der Waals surface area contributed by atoms with E-state index in [-0.39, 0.29) is 5.56 Å². The number of hydrogen-bond acceptors (Lipinski definition) is 2. The third-order valence-electron chi connectivity index (χ3n) is 1.37. The molecule has 1 rings (SSSR count). The molecule has 0 saturated carbocycles. The third kappa shape index (κ3) is 2.45. The molecule has 1 aromatic rings. The van der Waals surface area contributed by atoms with E-state index in [2.05, 4.69) is 5.32 Å². The molecule has 0 atom stereocenters. The van der Waals surface area contributed by atoms with Gasteiger partial charge < -0.3 is 5.11 Å². The van der Waals surface area contributed by atoms with E-state index < -0.39 is 6.09 Å². The maximum Gasteiger partial charge on any atom is 0.409 e. The number of nitrogens with one attached hydrogen (secondary N) is 1. The topological polar surface area (TPSA) is 66.4 Å². The van der Waals surface area contributed by atoms with Crippen molar-refractivity contribution in [3.8, 4) is 0 Å². The number of amides is 1. The van der Waals surface area contributed by atoms with Crippen molar-refractivity contribution in [2.45, 2.75) is 0 Å². The molecule has 0 unspecified atom stereocenters. The van der Waals surface area contributed by atoms with E-state index in [1.165, 1.54) is 18.2 Å². The molecule has 0 saturated heterocycles. The minimum Gasteiger partial charge on any atom is -0.465 e. The summed E-state index contributed by atoms with van der Waals surface area (Å²) in [7, 11) is 0. The first-order valence-corrected chi connectivity index (χ1v) is 3.76. The second kappa shape index (κ2) is 3.91. The Morgan fingerprint density at radius 2 is 2.23 bits per heavy atom. The van der Waals surface area contributed by atoms with Crippen molar-refractivity contribution >= 4 is 29.7 Å². The van der Waals surface area contributed by atoms with Gasteiger partial charge in [0, 0.05) is 11.3 Å². The summed E-state index contributed by atoms with van der Waals surface area (Å²) in [5.41, 5.74) is 0.576. The van der Waals surface area contributed by atoms with E-state index in [1.807, 2.05) is 0 Å². The number of anilines is 1. The van der Waals surface area contributed by atoms with Crippen LogP contribution >= 0.6 is 11.6 Å². The maximum atomic E-state index is 10.4. The van der Waals surface area contributed by atoms with Crippen molar-refractivity contribution < 1.29 is 14.7 Å². The Morgan fingerprint density at radius 1 is 1.54 bits per heavy atom.